The molecular formula is C8H19Cl3O3Si2. The molecule has 0 saturated heterocycles. The Balaban J connectivity index is 0. The van der Waals surface area contributed by atoms with Gasteiger partial charge in [0.1, 0.15) is 0 Å². The highest BCUT2D eigenvalue weighted by Crippen LogP contribution is 2.19. The SMILES string of the molecule is C=C[Si](Cl)(Cl)Cl.CCC(O)[Si](C)(OC)OC. The van der Waals surface area contributed by atoms with Crippen LogP contribution >= 0.6 is 33.2 Å². The Morgan fingerprint density at radius 1 is 1.31 bits per heavy atom. The van der Waals surface area contributed by atoms with Gasteiger partial charge in [-0.1, -0.05) is 12.6 Å². The molecule has 0 aromatic carbocycles. The molecule has 0 rings (SSSR count). The van der Waals surface area contributed by atoms with E-state index in [-0.39, 0.29) is 0 Å². The molecule has 0 aromatic rings. The number of aliphatic hydroxyl groups excluding tert-OH is 1. The minimum Gasteiger partial charge on any atom is -0.396 e. The lowest BCUT2D eigenvalue weighted by Gasteiger charge is -2.26. The number of halogens is 3. The smallest absolute Gasteiger partial charge is 0.365 e. The second-order valence-electron chi connectivity index (χ2n) is 3.09. The maximum Gasteiger partial charge on any atom is 0.365 e. The third-order valence-corrected chi connectivity index (χ3v) is 7.13. The average Bonchev–Trinajstić information content (AvgIpc) is 2.26. The second-order valence-corrected chi connectivity index (χ2v) is 15.2. The molecule has 0 amide bonds. The molecule has 0 radical (unpaired) electrons. The molecule has 0 aliphatic heterocycles. The summed E-state index contributed by atoms with van der Waals surface area (Å²) in [4.78, 5) is 0. The Labute approximate surface area is 114 Å². The van der Waals surface area contributed by atoms with Gasteiger partial charge in [0.05, 0.1) is 5.73 Å². The zero-order valence-electron chi connectivity index (χ0n) is 9.97. The van der Waals surface area contributed by atoms with Crippen LogP contribution in [0.15, 0.2) is 12.3 Å². The summed E-state index contributed by atoms with van der Waals surface area (Å²) in [7, 11) is 0.911. The van der Waals surface area contributed by atoms with E-state index >= 15 is 0 Å². The van der Waals surface area contributed by atoms with Crippen LogP contribution in [0.2, 0.25) is 6.55 Å². The predicted octanol–water partition coefficient (Wildman–Crippen LogP) is 3.03. The highest BCUT2D eigenvalue weighted by Gasteiger charge is 2.36. The van der Waals surface area contributed by atoms with Gasteiger partial charge in [-0.15, -0.1) is 39.8 Å². The summed E-state index contributed by atoms with van der Waals surface area (Å²) in [6, 6.07) is -2.45. The molecule has 0 bridgehead atoms. The van der Waals surface area contributed by atoms with Crippen molar-refractivity contribution < 1.29 is 14.0 Å². The standard InChI is InChI=1S/C6H16O3Si.C2H3Cl3Si/c1-5-6(7)10(4,8-2)9-3;1-2-6(3,4)5/h6-7H,5H2,1-4H3;2H,1H2. The van der Waals surface area contributed by atoms with Gasteiger partial charge in [-0.2, -0.15) is 0 Å². The molecule has 0 aromatic heterocycles. The third kappa shape index (κ3) is 9.01. The molecule has 0 aliphatic carbocycles. The van der Waals surface area contributed by atoms with E-state index in [4.69, 9.17) is 42.1 Å². The molecule has 1 unspecified atom stereocenters. The van der Waals surface area contributed by atoms with E-state index in [9.17, 15) is 5.11 Å². The summed E-state index contributed by atoms with van der Waals surface area (Å²) in [6.45, 7) is 7.06. The summed E-state index contributed by atoms with van der Waals surface area (Å²) in [5, 5.41) is 9.39. The van der Waals surface area contributed by atoms with Crippen LogP contribution < -0.4 is 0 Å². The quantitative estimate of drug-likeness (QED) is 0.624. The molecule has 98 valence electrons. The van der Waals surface area contributed by atoms with Crippen LogP contribution in [0.4, 0.5) is 0 Å². The molecule has 1 N–H and O–H groups in total. The number of hydrogen-bond acceptors (Lipinski definition) is 3. The van der Waals surface area contributed by atoms with Gasteiger partial charge in [-0.05, 0) is 13.0 Å². The minimum absolute atomic E-state index is 0.428. The van der Waals surface area contributed by atoms with Crippen molar-refractivity contribution in [2.45, 2.75) is 25.6 Å². The van der Waals surface area contributed by atoms with Crippen LogP contribution in [0.1, 0.15) is 13.3 Å². The highest BCUT2D eigenvalue weighted by molar-refractivity contribution is 7.66. The number of rotatable bonds is 5. The van der Waals surface area contributed by atoms with Gasteiger partial charge in [0.2, 0.25) is 0 Å². The van der Waals surface area contributed by atoms with E-state index in [1.807, 2.05) is 13.5 Å². The summed E-state index contributed by atoms with van der Waals surface area (Å²) >= 11 is 15.8. The van der Waals surface area contributed by atoms with E-state index in [0.29, 0.717) is 6.42 Å². The van der Waals surface area contributed by atoms with Crippen molar-refractivity contribution in [1.82, 2.24) is 0 Å². The fourth-order valence-electron chi connectivity index (χ4n) is 0.726. The third-order valence-electron chi connectivity index (χ3n) is 2.03. The number of aliphatic hydroxyl groups is 1. The van der Waals surface area contributed by atoms with Crippen molar-refractivity contribution >= 4 is 47.8 Å². The Morgan fingerprint density at radius 3 is 1.69 bits per heavy atom. The van der Waals surface area contributed by atoms with Crippen molar-refractivity contribution in [3.8, 4) is 0 Å². The maximum absolute atomic E-state index is 9.39. The van der Waals surface area contributed by atoms with Gasteiger partial charge in [0.15, 0.2) is 0 Å². The largest absolute Gasteiger partial charge is 0.396 e. The molecule has 0 saturated carbocycles. The van der Waals surface area contributed by atoms with E-state index in [0.717, 1.165) is 0 Å². The Kier molecular flexibility index (Phi) is 10.8. The van der Waals surface area contributed by atoms with E-state index in [1.54, 1.807) is 14.2 Å². The molecule has 8 heteroatoms. The minimum atomic E-state index is -2.45. The molecule has 0 spiro atoms. The summed E-state index contributed by atoms with van der Waals surface area (Å²) < 4.78 is 10.2. The maximum atomic E-state index is 9.39. The van der Waals surface area contributed by atoms with Crippen molar-refractivity contribution in [2.75, 3.05) is 14.2 Å². The first-order valence-electron chi connectivity index (χ1n) is 4.65. The van der Waals surface area contributed by atoms with E-state index < -0.39 is 20.3 Å². The summed E-state index contributed by atoms with van der Waals surface area (Å²) in [5.41, 5.74) is 0.944. The fourth-order valence-corrected chi connectivity index (χ4v) is 2.18. The summed E-state index contributed by atoms with van der Waals surface area (Å²) in [5.74, 6) is 0. The lowest BCUT2D eigenvalue weighted by atomic mass is 10.5. The molecule has 1 atom stereocenters. The van der Waals surface area contributed by atoms with Crippen molar-refractivity contribution in [1.29, 1.82) is 0 Å². The molecule has 16 heavy (non-hydrogen) atoms. The Bertz CT molecular complexity index is 195. The van der Waals surface area contributed by atoms with Crippen LogP contribution in [-0.2, 0) is 8.85 Å². The molecule has 3 nitrogen and oxygen atoms in total. The van der Waals surface area contributed by atoms with Gasteiger partial charge < -0.3 is 14.0 Å². The topological polar surface area (TPSA) is 38.7 Å². The van der Waals surface area contributed by atoms with Crippen LogP contribution in [0.3, 0.4) is 0 Å². The van der Waals surface area contributed by atoms with Gasteiger partial charge in [0.25, 0.3) is 0 Å². The van der Waals surface area contributed by atoms with Crippen LogP contribution in [-0.4, -0.2) is 39.6 Å². The Morgan fingerprint density at radius 2 is 1.62 bits per heavy atom. The molecule has 0 heterocycles. The normalized spacial score (nSPS) is 13.8. The second kappa shape index (κ2) is 8.93. The summed E-state index contributed by atoms with van der Waals surface area (Å²) in [6.07, 6.45) is 0.685. The molecule has 0 fully saturated rings. The predicted molar refractivity (Wildman–Crippen MR) is 75.4 cm³/mol. The first kappa shape index (κ1) is 19.3. The highest BCUT2D eigenvalue weighted by atomic mass is 35.8. The molecular weight excluding hydrogens is 307 g/mol. The average molecular weight is 326 g/mol. The molecule has 0 aliphatic rings. The van der Waals surface area contributed by atoms with E-state index in [1.165, 1.54) is 5.70 Å². The zero-order chi connectivity index (χ0) is 13.4. The van der Waals surface area contributed by atoms with Gasteiger partial charge >= 0.3 is 14.6 Å². The Hall–Kier alpha value is 0.924. The number of hydrogen-bond donors (Lipinski definition) is 1. The van der Waals surface area contributed by atoms with E-state index in [2.05, 4.69) is 6.58 Å². The van der Waals surface area contributed by atoms with Gasteiger partial charge in [0, 0.05) is 14.2 Å². The van der Waals surface area contributed by atoms with Crippen molar-refractivity contribution in [3.63, 3.8) is 0 Å². The van der Waals surface area contributed by atoms with Crippen molar-refractivity contribution in [2.24, 2.45) is 0 Å². The van der Waals surface area contributed by atoms with Crippen molar-refractivity contribution in [3.05, 3.63) is 12.3 Å². The van der Waals surface area contributed by atoms with Crippen LogP contribution in [0.25, 0.3) is 0 Å². The van der Waals surface area contributed by atoms with Crippen LogP contribution in [0, 0.1) is 0 Å². The van der Waals surface area contributed by atoms with Gasteiger partial charge in [-0.25, -0.2) is 0 Å². The van der Waals surface area contributed by atoms with Crippen LogP contribution in [0.5, 0.6) is 0 Å². The monoisotopic (exact) mass is 324 g/mol. The first-order chi connectivity index (χ1) is 7.16. The first-order valence-corrected chi connectivity index (χ1v) is 12.2. The lowest BCUT2D eigenvalue weighted by Crippen LogP contribution is -2.48. The zero-order valence-corrected chi connectivity index (χ0v) is 14.2. The lowest BCUT2D eigenvalue weighted by molar-refractivity contribution is 0.142. The fraction of sp³-hybridized carbons (Fsp3) is 0.750. The van der Waals surface area contributed by atoms with Gasteiger partial charge in [-0.3, -0.25) is 0 Å².